The normalized spacial score (nSPS) is 25.0. The molecule has 9 rings (SSSR count). The summed E-state index contributed by atoms with van der Waals surface area (Å²) >= 11 is 0. The van der Waals surface area contributed by atoms with E-state index in [1.807, 2.05) is 30.3 Å². The van der Waals surface area contributed by atoms with Crippen molar-refractivity contribution in [3.8, 4) is 0 Å². The molecule has 10 atom stereocenters. The van der Waals surface area contributed by atoms with Crippen LogP contribution in [0.25, 0.3) is 0 Å². The van der Waals surface area contributed by atoms with Crippen LogP contribution in [0.15, 0.2) is 182 Å². The number of rotatable bonds is 17. The number of hydrogen-bond donors (Lipinski definition) is 0. The molecule has 0 aromatic heterocycles. The number of carbonyl (C=O) groups is 5. The molecule has 3 heterocycles. The van der Waals surface area contributed by atoms with Crippen LogP contribution in [0.3, 0.4) is 0 Å². The maximum absolute atomic E-state index is 14.4. The molecule has 0 aliphatic carbocycles. The largest absolute Gasteiger partial charge is 0.459 e. The Morgan fingerprint density at radius 1 is 0.411 bits per heavy atom. The minimum atomic E-state index is -1.68. The molecule has 6 aromatic carbocycles. The molecule has 0 amide bonds. The maximum atomic E-state index is 14.4. The molecule has 0 saturated carbocycles. The van der Waals surface area contributed by atoms with Crippen molar-refractivity contribution in [1.82, 2.24) is 0 Å². The summed E-state index contributed by atoms with van der Waals surface area (Å²) in [5.41, 5.74) is 1.67. The second kappa shape index (κ2) is 23.3. The number of hydrogen-bond acceptors (Lipinski definition) is 16. The molecule has 0 bridgehead atoms. The summed E-state index contributed by atoms with van der Waals surface area (Å²) in [7, 11) is 0. The lowest BCUT2D eigenvalue weighted by Gasteiger charge is -2.48. The number of esters is 5. The van der Waals surface area contributed by atoms with Crippen LogP contribution in [0.4, 0.5) is 0 Å². The third-order valence-corrected chi connectivity index (χ3v) is 12.1. The Bertz CT molecular complexity index is 2780. The molecule has 0 N–H and O–H groups in total. The van der Waals surface area contributed by atoms with Gasteiger partial charge in [0.05, 0.1) is 34.4 Å². The molecule has 0 spiro atoms. The highest BCUT2D eigenvalue weighted by molar-refractivity contribution is 5.91. The van der Waals surface area contributed by atoms with Gasteiger partial charge < -0.3 is 52.1 Å². The van der Waals surface area contributed by atoms with E-state index in [1.165, 1.54) is 12.1 Å². The second-order valence-corrected chi connectivity index (χ2v) is 17.7. The van der Waals surface area contributed by atoms with Crippen LogP contribution in [-0.2, 0) is 58.7 Å². The van der Waals surface area contributed by atoms with Gasteiger partial charge in [0.15, 0.2) is 36.7 Å². The predicted molar refractivity (Wildman–Crippen MR) is 258 cm³/mol. The highest BCUT2D eigenvalue weighted by atomic mass is 16.8. The van der Waals surface area contributed by atoms with Crippen LogP contribution in [-0.4, -0.2) is 110 Å². The lowest BCUT2D eigenvalue weighted by Crippen LogP contribution is -2.66. The van der Waals surface area contributed by atoms with Crippen LogP contribution in [0.2, 0.25) is 0 Å². The van der Waals surface area contributed by atoms with E-state index in [1.54, 1.807) is 153 Å². The third-order valence-electron chi connectivity index (χ3n) is 12.1. The topological polar surface area (TPSA) is 187 Å². The maximum Gasteiger partial charge on any atom is 0.338 e. The molecule has 0 radical (unpaired) electrons. The molecule has 3 saturated heterocycles. The number of fused-ring (bicyclic) bond motifs is 1. The van der Waals surface area contributed by atoms with Gasteiger partial charge in [-0.1, -0.05) is 121 Å². The van der Waals surface area contributed by atoms with Gasteiger partial charge in [-0.25, -0.2) is 24.0 Å². The first kappa shape index (κ1) is 50.4. The fourth-order valence-electron chi connectivity index (χ4n) is 8.61. The molecule has 73 heavy (non-hydrogen) atoms. The molecule has 3 fully saturated rings. The van der Waals surface area contributed by atoms with Gasteiger partial charge in [-0.3, -0.25) is 0 Å². The summed E-state index contributed by atoms with van der Waals surface area (Å²) in [5.74, 6) is -5.16. The van der Waals surface area contributed by atoms with E-state index in [9.17, 15) is 24.0 Å². The molecular weight excluding hydrogens is 941 g/mol. The van der Waals surface area contributed by atoms with E-state index in [2.05, 4.69) is 0 Å². The van der Waals surface area contributed by atoms with E-state index in [0.717, 1.165) is 5.56 Å². The van der Waals surface area contributed by atoms with E-state index in [-0.39, 0.29) is 34.4 Å². The van der Waals surface area contributed by atoms with Crippen molar-refractivity contribution in [2.24, 2.45) is 0 Å². The fourth-order valence-corrected chi connectivity index (χ4v) is 8.61. The zero-order valence-corrected chi connectivity index (χ0v) is 39.7. The van der Waals surface area contributed by atoms with Gasteiger partial charge in [0.1, 0.15) is 43.7 Å². The van der Waals surface area contributed by atoms with E-state index in [4.69, 9.17) is 52.1 Å². The summed E-state index contributed by atoms with van der Waals surface area (Å²) in [6.07, 6.45) is -14.2. The molecule has 6 aromatic rings. The lowest BCUT2D eigenvalue weighted by atomic mass is 9.96. The van der Waals surface area contributed by atoms with Crippen molar-refractivity contribution < 1.29 is 76.1 Å². The molecule has 3 aliphatic heterocycles. The second-order valence-electron chi connectivity index (χ2n) is 17.7. The number of carbonyl (C=O) groups excluding carboxylic acids is 5. The van der Waals surface area contributed by atoms with Gasteiger partial charge in [0.25, 0.3) is 0 Å². The van der Waals surface area contributed by atoms with Gasteiger partial charge in [0.2, 0.25) is 0 Å². The summed E-state index contributed by atoms with van der Waals surface area (Å²) in [4.78, 5) is 69.8. The minimum absolute atomic E-state index is 0.0743. The molecule has 16 heteroatoms. The number of ether oxygens (including phenoxy) is 11. The zero-order chi connectivity index (χ0) is 50.7. The van der Waals surface area contributed by atoms with Gasteiger partial charge >= 0.3 is 29.8 Å². The SMILES string of the molecule is CC1(C)O[C@H]2[C@@H](O1)[C@@H](COC(=O)c1ccccc1)O[C@@H](O[C@H]1[C@H](OC(=O)c3ccccc3)[C@@H](OC(=O)c3ccccc3)[C@H](OCc3ccccc3)O[C@@H]1COC(=O)c1ccccc1)[C@@H]2OC(=O)c1ccccc1. The first-order chi connectivity index (χ1) is 35.5. The summed E-state index contributed by atoms with van der Waals surface area (Å²) < 4.78 is 70.4. The van der Waals surface area contributed by atoms with Gasteiger partial charge in [-0.05, 0) is 80.1 Å². The van der Waals surface area contributed by atoms with Crippen LogP contribution < -0.4 is 0 Å². The van der Waals surface area contributed by atoms with Gasteiger partial charge in [-0.2, -0.15) is 0 Å². The average molecular weight is 993 g/mol. The van der Waals surface area contributed by atoms with Gasteiger partial charge in [0, 0.05) is 0 Å². The minimum Gasteiger partial charge on any atom is -0.459 e. The van der Waals surface area contributed by atoms with Gasteiger partial charge in [-0.15, -0.1) is 0 Å². The standard InChI is InChI=1S/C57H52O16/c1-57(2)72-45-43(35-64-51(59)38-25-13-5-14-26-38)67-56(49(47(45)73-57)70-54(62)41-31-19-8-20-32-41)71-44-42(34-63-50(58)37-23-11-4-12-24-37)66-55(65-33-36-21-9-3-10-22-36)48(69-53(61)40-29-17-7-18-30-40)46(44)68-52(60)39-27-15-6-16-28-39/h3-32,42-49,55-56H,33-35H2,1-2H3/t42-,43-,44-,45+,46+,47+,48-,49-,55-,56+/m1/s1. The van der Waals surface area contributed by atoms with Crippen molar-refractivity contribution in [1.29, 1.82) is 0 Å². The molecule has 0 unspecified atom stereocenters. The highest BCUT2D eigenvalue weighted by Crippen LogP contribution is 2.41. The van der Waals surface area contributed by atoms with Crippen molar-refractivity contribution in [2.75, 3.05) is 13.2 Å². The molecule has 376 valence electrons. The van der Waals surface area contributed by atoms with Crippen molar-refractivity contribution in [2.45, 2.75) is 87.7 Å². The Morgan fingerprint density at radius 2 is 0.781 bits per heavy atom. The molecule has 16 nitrogen and oxygen atoms in total. The predicted octanol–water partition coefficient (Wildman–Crippen LogP) is 7.95. The van der Waals surface area contributed by atoms with Crippen LogP contribution in [0.1, 0.15) is 71.2 Å². The van der Waals surface area contributed by atoms with E-state index in [0.29, 0.717) is 0 Å². The van der Waals surface area contributed by atoms with Crippen LogP contribution in [0, 0.1) is 0 Å². The van der Waals surface area contributed by atoms with E-state index < -0.39 is 110 Å². The summed E-state index contributed by atoms with van der Waals surface area (Å²) in [6.45, 7) is 2.30. The van der Waals surface area contributed by atoms with Crippen molar-refractivity contribution >= 4 is 29.8 Å². The fraction of sp³-hybridized carbons (Fsp3) is 0.281. The molecular formula is C57H52O16. The summed E-state index contributed by atoms with van der Waals surface area (Å²) in [5, 5.41) is 0. The Hall–Kier alpha value is -7.57. The van der Waals surface area contributed by atoms with Crippen molar-refractivity contribution in [3.63, 3.8) is 0 Å². The Kier molecular flexibility index (Phi) is 16.1. The first-order valence-electron chi connectivity index (χ1n) is 23.7. The summed E-state index contributed by atoms with van der Waals surface area (Å²) in [6, 6.07) is 50.1. The van der Waals surface area contributed by atoms with Crippen molar-refractivity contribution in [3.05, 3.63) is 215 Å². The van der Waals surface area contributed by atoms with Crippen LogP contribution in [0.5, 0.6) is 0 Å². The smallest absolute Gasteiger partial charge is 0.338 e. The van der Waals surface area contributed by atoms with E-state index >= 15 is 0 Å². The monoisotopic (exact) mass is 992 g/mol. The quantitative estimate of drug-likeness (QED) is 0.0632. The third kappa shape index (κ3) is 12.6. The lowest BCUT2D eigenvalue weighted by molar-refractivity contribution is -0.352. The number of benzene rings is 6. The zero-order valence-electron chi connectivity index (χ0n) is 39.7. The first-order valence-corrected chi connectivity index (χ1v) is 23.7. The van der Waals surface area contributed by atoms with Crippen LogP contribution >= 0.6 is 0 Å². The highest BCUT2D eigenvalue weighted by Gasteiger charge is 2.60. The molecule has 3 aliphatic rings. The Labute approximate surface area is 420 Å². The Morgan fingerprint density at radius 3 is 1.25 bits per heavy atom. The Balaban J connectivity index is 1.14. The average Bonchev–Trinajstić information content (AvgIpc) is 3.77.